The quantitative estimate of drug-likeness (QED) is 0.735. The number of hydrogen-bond donors (Lipinski definition) is 1. The van der Waals surface area contributed by atoms with Gasteiger partial charge >= 0.3 is 0 Å². The molecular weight excluding hydrogens is 398 g/mol. The van der Waals surface area contributed by atoms with E-state index < -0.39 is 10.0 Å². The highest BCUT2D eigenvalue weighted by atomic mass is 32.2. The number of benzene rings is 1. The summed E-state index contributed by atoms with van der Waals surface area (Å²) in [4.78, 5) is 16.6. The van der Waals surface area contributed by atoms with Gasteiger partial charge in [-0.3, -0.25) is 4.79 Å². The number of thiazole rings is 1. The molecule has 2 atom stereocenters. The molecule has 1 amide bonds. The monoisotopic (exact) mass is 423 g/mol. The fourth-order valence-electron chi connectivity index (χ4n) is 3.14. The minimum Gasteiger partial charge on any atom is -0.373 e. The van der Waals surface area contributed by atoms with Crippen LogP contribution in [-0.4, -0.2) is 61.2 Å². The van der Waals surface area contributed by atoms with E-state index in [0.29, 0.717) is 25.2 Å². The largest absolute Gasteiger partial charge is 0.373 e. The molecule has 1 aromatic heterocycles. The van der Waals surface area contributed by atoms with Gasteiger partial charge in [0.25, 0.3) is 5.91 Å². The second kappa shape index (κ2) is 9.13. The Morgan fingerprint density at radius 2 is 1.93 bits per heavy atom. The molecule has 1 saturated heterocycles. The highest BCUT2D eigenvalue weighted by Gasteiger charge is 2.30. The zero-order valence-corrected chi connectivity index (χ0v) is 17.6. The van der Waals surface area contributed by atoms with Gasteiger partial charge < -0.3 is 10.1 Å². The van der Waals surface area contributed by atoms with Crippen molar-refractivity contribution in [2.75, 3.05) is 25.4 Å². The SMILES string of the molecule is CC1CN(S(=O)(=O)CCNC(=O)c2csc(Cc3ccccc3)n2)CC(C)O1. The summed E-state index contributed by atoms with van der Waals surface area (Å²) >= 11 is 1.42. The third-order valence-corrected chi connectivity index (χ3v) is 7.06. The van der Waals surface area contributed by atoms with E-state index in [0.717, 1.165) is 10.6 Å². The maximum atomic E-state index is 12.5. The Balaban J connectivity index is 1.50. The molecule has 2 aromatic rings. The molecule has 0 aliphatic carbocycles. The first-order chi connectivity index (χ1) is 13.3. The number of carbonyl (C=O) groups is 1. The molecule has 1 aromatic carbocycles. The van der Waals surface area contributed by atoms with Crippen molar-refractivity contribution in [2.24, 2.45) is 0 Å². The van der Waals surface area contributed by atoms with Crippen LogP contribution in [0.3, 0.4) is 0 Å². The Bertz CT molecular complexity index is 889. The van der Waals surface area contributed by atoms with Gasteiger partial charge in [0.2, 0.25) is 10.0 Å². The number of morpholine rings is 1. The summed E-state index contributed by atoms with van der Waals surface area (Å²) in [5, 5.41) is 5.21. The molecule has 152 valence electrons. The Hall–Kier alpha value is -1.81. The van der Waals surface area contributed by atoms with E-state index in [4.69, 9.17) is 4.74 Å². The molecular formula is C19H25N3O4S2. The van der Waals surface area contributed by atoms with Gasteiger partial charge in [0.05, 0.1) is 23.0 Å². The molecule has 0 spiro atoms. The van der Waals surface area contributed by atoms with Crippen molar-refractivity contribution in [3.63, 3.8) is 0 Å². The van der Waals surface area contributed by atoms with Gasteiger partial charge in [0, 0.05) is 31.4 Å². The normalized spacial score (nSPS) is 20.8. The van der Waals surface area contributed by atoms with Gasteiger partial charge in [-0.2, -0.15) is 4.31 Å². The van der Waals surface area contributed by atoms with Crippen molar-refractivity contribution in [3.8, 4) is 0 Å². The molecule has 28 heavy (non-hydrogen) atoms. The maximum Gasteiger partial charge on any atom is 0.270 e. The van der Waals surface area contributed by atoms with E-state index in [1.54, 1.807) is 5.38 Å². The van der Waals surface area contributed by atoms with E-state index >= 15 is 0 Å². The van der Waals surface area contributed by atoms with Crippen molar-refractivity contribution in [2.45, 2.75) is 32.5 Å². The lowest BCUT2D eigenvalue weighted by Gasteiger charge is -2.34. The van der Waals surface area contributed by atoms with E-state index in [9.17, 15) is 13.2 Å². The molecule has 3 rings (SSSR count). The first-order valence-electron chi connectivity index (χ1n) is 9.23. The second-order valence-corrected chi connectivity index (χ2v) is 9.97. The minimum atomic E-state index is -3.44. The van der Waals surface area contributed by atoms with Gasteiger partial charge in [-0.25, -0.2) is 13.4 Å². The third-order valence-electron chi connectivity index (χ3n) is 4.41. The van der Waals surface area contributed by atoms with Gasteiger partial charge in [0.15, 0.2) is 0 Å². The second-order valence-electron chi connectivity index (χ2n) is 6.94. The summed E-state index contributed by atoms with van der Waals surface area (Å²) in [6.45, 7) is 4.45. The summed E-state index contributed by atoms with van der Waals surface area (Å²) in [5.74, 6) is -0.492. The predicted molar refractivity (Wildman–Crippen MR) is 109 cm³/mol. The smallest absolute Gasteiger partial charge is 0.270 e. The summed E-state index contributed by atoms with van der Waals surface area (Å²) in [5.41, 5.74) is 1.45. The summed E-state index contributed by atoms with van der Waals surface area (Å²) in [6.07, 6.45) is 0.401. The van der Waals surface area contributed by atoms with E-state index in [1.807, 2.05) is 44.2 Å². The fraction of sp³-hybridized carbons (Fsp3) is 0.474. The van der Waals surface area contributed by atoms with Crippen molar-refractivity contribution in [1.82, 2.24) is 14.6 Å². The Morgan fingerprint density at radius 1 is 1.25 bits per heavy atom. The standard InChI is InChI=1S/C19H25N3O4S2/c1-14-11-22(12-15(2)26-14)28(24,25)9-8-20-19(23)17-13-27-18(21-17)10-16-6-4-3-5-7-16/h3-7,13-15H,8-12H2,1-2H3,(H,20,23). The number of rotatable bonds is 7. The molecule has 1 N–H and O–H groups in total. The van der Waals surface area contributed by atoms with Gasteiger partial charge in [0.1, 0.15) is 5.69 Å². The molecule has 1 fully saturated rings. The van der Waals surface area contributed by atoms with Gasteiger partial charge in [-0.15, -0.1) is 11.3 Å². The third kappa shape index (κ3) is 5.60. The van der Waals surface area contributed by atoms with Gasteiger partial charge in [-0.1, -0.05) is 30.3 Å². The van der Waals surface area contributed by atoms with Crippen molar-refractivity contribution in [3.05, 3.63) is 52.0 Å². The van der Waals surface area contributed by atoms with Crippen LogP contribution in [0.25, 0.3) is 0 Å². The minimum absolute atomic E-state index is 0.0484. The van der Waals surface area contributed by atoms with E-state index in [2.05, 4.69) is 10.3 Å². The average Bonchev–Trinajstić information content (AvgIpc) is 3.10. The molecule has 0 bridgehead atoms. The van der Waals surface area contributed by atoms with Crippen LogP contribution in [0, 0.1) is 0 Å². The summed E-state index contributed by atoms with van der Waals surface area (Å²) < 4.78 is 32.0. The van der Waals surface area contributed by atoms with E-state index in [1.165, 1.54) is 15.6 Å². The van der Waals surface area contributed by atoms with Crippen molar-refractivity contribution in [1.29, 1.82) is 0 Å². The first-order valence-corrected chi connectivity index (χ1v) is 11.7. The first kappa shape index (κ1) is 20.9. The molecule has 7 nitrogen and oxygen atoms in total. The molecule has 0 radical (unpaired) electrons. The van der Waals surface area contributed by atoms with Crippen LogP contribution in [0.15, 0.2) is 35.7 Å². The maximum absolute atomic E-state index is 12.5. The Morgan fingerprint density at radius 3 is 2.61 bits per heavy atom. The molecule has 2 heterocycles. The van der Waals surface area contributed by atoms with Crippen LogP contribution >= 0.6 is 11.3 Å². The predicted octanol–water partition coefficient (Wildman–Crippen LogP) is 1.90. The van der Waals surface area contributed by atoms with Crippen molar-refractivity contribution >= 4 is 27.3 Å². The summed E-state index contributed by atoms with van der Waals surface area (Å²) in [7, 11) is -3.44. The van der Waals surface area contributed by atoms with Crippen LogP contribution in [0.5, 0.6) is 0 Å². The Labute approximate surface area is 169 Å². The topological polar surface area (TPSA) is 88.6 Å². The number of nitrogens with one attached hydrogen (secondary N) is 1. The molecule has 2 unspecified atom stereocenters. The van der Waals surface area contributed by atoms with Crippen LogP contribution in [0.2, 0.25) is 0 Å². The van der Waals surface area contributed by atoms with Crippen LogP contribution in [0.1, 0.15) is 34.9 Å². The summed E-state index contributed by atoms with van der Waals surface area (Å²) in [6, 6.07) is 9.91. The number of nitrogens with zero attached hydrogens (tertiary/aromatic N) is 2. The molecule has 1 aliphatic heterocycles. The molecule has 1 aliphatic rings. The lowest BCUT2D eigenvalue weighted by molar-refractivity contribution is -0.0440. The number of hydrogen-bond acceptors (Lipinski definition) is 6. The molecule has 0 saturated carbocycles. The fourth-order valence-corrected chi connectivity index (χ4v) is 5.44. The van der Waals surface area contributed by atoms with Crippen LogP contribution in [-0.2, 0) is 21.2 Å². The lowest BCUT2D eigenvalue weighted by Crippen LogP contribution is -2.49. The number of sulfonamides is 1. The molecule has 9 heteroatoms. The zero-order chi connectivity index (χ0) is 20.1. The number of carbonyl (C=O) groups excluding carboxylic acids is 1. The van der Waals surface area contributed by atoms with Crippen molar-refractivity contribution < 1.29 is 17.9 Å². The highest BCUT2D eigenvalue weighted by molar-refractivity contribution is 7.89. The number of aromatic nitrogens is 1. The van der Waals surface area contributed by atoms with Gasteiger partial charge in [-0.05, 0) is 19.4 Å². The lowest BCUT2D eigenvalue weighted by atomic mass is 10.2. The van der Waals surface area contributed by atoms with Crippen LogP contribution in [0.4, 0.5) is 0 Å². The van der Waals surface area contributed by atoms with Crippen LogP contribution < -0.4 is 5.32 Å². The van der Waals surface area contributed by atoms with E-state index in [-0.39, 0.29) is 30.4 Å². The number of amides is 1. The average molecular weight is 424 g/mol. The zero-order valence-electron chi connectivity index (χ0n) is 16.0. The Kier molecular flexibility index (Phi) is 6.82. The number of ether oxygens (including phenoxy) is 1. The highest BCUT2D eigenvalue weighted by Crippen LogP contribution is 2.16.